The summed E-state index contributed by atoms with van der Waals surface area (Å²) in [5.41, 5.74) is 0. The SMILES string of the molecule is CCCCCCOc1ccc2c(Cl)c(OCCCCCCl)ccc2c1. The lowest BCUT2D eigenvalue weighted by molar-refractivity contribution is 0.305. The zero-order valence-corrected chi connectivity index (χ0v) is 16.5. The van der Waals surface area contributed by atoms with Crippen molar-refractivity contribution in [1.29, 1.82) is 0 Å². The van der Waals surface area contributed by atoms with Gasteiger partial charge in [-0.25, -0.2) is 0 Å². The fourth-order valence-electron chi connectivity index (χ4n) is 2.73. The molecule has 0 aromatic heterocycles. The fraction of sp³-hybridized carbons (Fsp3) is 0.524. The normalized spacial score (nSPS) is 11.0. The van der Waals surface area contributed by atoms with E-state index in [2.05, 4.69) is 6.92 Å². The van der Waals surface area contributed by atoms with Gasteiger partial charge in [-0.15, -0.1) is 11.6 Å². The Kier molecular flexibility index (Phi) is 9.28. The molecule has 0 aliphatic carbocycles. The molecule has 25 heavy (non-hydrogen) atoms. The third-order valence-corrected chi connectivity index (χ3v) is 4.85. The molecule has 0 heterocycles. The average Bonchev–Trinajstić information content (AvgIpc) is 2.63. The van der Waals surface area contributed by atoms with Gasteiger partial charge in [0.05, 0.1) is 18.2 Å². The quantitative estimate of drug-likeness (QED) is 0.284. The predicted molar refractivity (Wildman–Crippen MR) is 109 cm³/mol. The van der Waals surface area contributed by atoms with E-state index < -0.39 is 0 Å². The molecule has 0 aliphatic rings. The molecule has 0 N–H and O–H groups in total. The van der Waals surface area contributed by atoms with Crippen LogP contribution in [0.15, 0.2) is 30.3 Å². The van der Waals surface area contributed by atoms with Gasteiger partial charge in [0.15, 0.2) is 0 Å². The number of hydrogen-bond donors (Lipinski definition) is 0. The van der Waals surface area contributed by atoms with Crippen LogP contribution in [0.5, 0.6) is 11.5 Å². The summed E-state index contributed by atoms with van der Waals surface area (Å²) >= 11 is 12.2. The van der Waals surface area contributed by atoms with E-state index in [0.29, 0.717) is 17.5 Å². The van der Waals surface area contributed by atoms with Gasteiger partial charge in [-0.2, -0.15) is 0 Å². The molecule has 0 unspecified atom stereocenters. The maximum absolute atomic E-state index is 6.51. The van der Waals surface area contributed by atoms with Crippen molar-refractivity contribution >= 4 is 34.0 Å². The predicted octanol–water partition coefficient (Wildman–Crippen LogP) is 7.24. The summed E-state index contributed by atoms with van der Waals surface area (Å²) in [5.74, 6) is 2.35. The van der Waals surface area contributed by atoms with E-state index in [1.807, 2.05) is 30.3 Å². The Hall–Kier alpha value is -1.12. The molecule has 0 spiro atoms. The van der Waals surface area contributed by atoms with Crippen LogP contribution in [-0.4, -0.2) is 19.1 Å². The second-order valence-corrected chi connectivity index (χ2v) is 7.02. The molecule has 2 nitrogen and oxygen atoms in total. The highest BCUT2D eigenvalue weighted by atomic mass is 35.5. The smallest absolute Gasteiger partial charge is 0.138 e. The number of ether oxygens (including phenoxy) is 2. The zero-order chi connectivity index (χ0) is 17.9. The molecule has 0 amide bonds. The van der Waals surface area contributed by atoms with Crippen molar-refractivity contribution in [3.05, 3.63) is 35.4 Å². The first-order chi connectivity index (χ1) is 12.3. The third-order valence-electron chi connectivity index (χ3n) is 4.19. The van der Waals surface area contributed by atoms with E-state index in [9.17, 15) is 0 Å². The lowest BCUT2D eigenvalue weighted by Gasteiger charge is -2.11. The first-order valence-corrected chi connectivity index (χ1v) is 10.2. The van der Waals surface area contributed by atoms with Crippen LogP contribution < -0.4 is 9.47 Å². The summed E-state index contributed by atoms with van der Waals surface area (Å²) in [6.45, 7) is 3.65. The molecule has 0 saturated heterocycles. The minimum atomic E-state index is 0.668. The summed E-state index contributed by atoms with van der Waals surface area (Å²) in [6.07, 6.45) is 7.93. The van der Waals surface area contributed by atoms with Gasteiger partial charge in [-0.05, 0) is 55.3 Å². The van der Waals surface area contributed by atoms with Crippen LogP contribution in [0, 0.1) is 0 Å². The van der Waals surface area contributed by atoms with Crippen LogP contribution in [0.25, 0.3) is 10.8 Å². The van der Waals surface area contributed by atoms with Gasteiger partial charge in [0.2, 0.25) is 0 Å². The minimum Gasteiger partial charge on any atom is -0.494 e. The molecule has 0 aliphatic heterocycles. The summed E-state index contributed by atoms with van der Waals surface area (Å²) in [6, 6.07) is 10.0. The van der Waals surface area contributed by atoms with E-state index in [4.69, 9.17) is 32.7 Å². The summed E-state index contributed by atoms with van der Waals surface area (Å²) in [5, 5.41) is 2.74. The number of benzene rings is 2. The Morgan fingerprint density at radius 1 is 0.840 bits per heavy atom. The summed E-state index contributed by atoms with van der Waals surface area (Å²) in [7, 11) is 0. The summed E-state index contributed by atoms with van der Waals surface area (Å²) in [4.78, 5) is 0. The van der Waals surface area contributed by atoms with Crippen molar-refractivity contribution in [1.82, 2.24) is 0 Å². The van der Waals surface area contributed by atoms with Crippen LogP contribution >= 0.6 is 23.2 Å². The van der Waals surface area contributed by atoms with Gasteiger partial charge >= 0.3 is 0 Å². The van der Waals surface area contributed by atoms with Crippen molar-refractivity contribution < 1.29 is 9.47 Å². The molecule has 0 radical (unpaired) electrons. The van der Waals surface area contributed by atoms with Gasteiger partial charge in [-0.1, -0.05) is 43.9 Å². The first kappa shape index (κ1) is 20.2. The number of unbranched alkanes of at least 4 members (excludes halogenated alkanes) is 5. The van der Waals surface area contributed by atoms with Crippen LogP contribution in [-0.2, 0) is 0 Å². The van der Waals surface area contributed by atoms with Gasteiger partial charge in [0.25, 0.3) is 0 Å². The molecular weight excluding hydrogens is 355 g/mol. The maximum Gasteiger partial charge on any atom is 0.138 e. The lowest BCUT2D eigenvalue weighted by atomic mass is 10.1. The van der Waals surface area contributed by atoms with Gasteiger partial charge in [0, 0.05) is 11.3 Å². The molecule has 4 heteroatoms. The van der Waals surface area contributed by atoms with E-state index in [1.165, 1.54) is 19.3 Å². The van der Waals surface area contributed by atoms with Crippen molar-refractivity contribution in [2.45, 2.75) is 51.9 Å². The van der Waals surface area contributed by atoms with Crippen molar-refractivity contribution in [3.63, 3.8) is 0 Å². The second-order valence-electron chi connectivity index (χ2n) is 6.27. The molecular formula is C21H28Cl2O2. The van der Waals surface area contributed by atoms with Gasteiger partial charge in [-0.3, -0.25) is 0 Å². The van der Waals surface area contributed by atoms with Crippen LogP contribution in [0.1, 0.15) is 51.9 Å². The minimum absolute atomic E-state index is 0.668. The zero-order valence-electron chi connectivity index (χ0n) is 15.0. The van der Waals surface area contributed by atoms with Crippen molar-refractivity contribution in [2.24, 2.45) is 0 Å². The first-order valence-electron chi connectivity index (χ1n) is 9.30. The largest absolute Gasteiger partial charge is 0.494 e. The van der Waals surface area contributed by atoms with E-state index in [0.717, 1.165) is 54.6 Å². The number of fused-ring (bicyclic) bond motifs is 1. The van der Waals surface area contributed by atoms with Gasteiger partial charge in [0.1, 0.15) is 11.5 Å². The number of hydrogen-bond acceptors (Lipinski definition) is 2. The summed E-state index contributed by atoms with van der Waals surface area (Å²) < 4.78 is 11.7. The fourth-order valence-corrected chi connectivity index (χ4v) is 3.20. The van der Waals surface area contributed by atoms with E-state index in [-0.39, 0.29) is 0 Å². The molecule has 0 bridgehead atoms. The highest BCUT2D eigenvalue weighted by molar-refractivity contribution is 6.37. The number of alkyl halides is 1. The Morgan fingerprint density at radius 2 is 1.60 bits per heavy atom. The van der Waals surface area contributed by atoms with Gasteiger partial charge < -0.3 is 9.47 Å². The van der Waals surface area contributed by atoms with Crippen molar-refractivity contribution in [2.75, 3.05) is 19.1 Å². The number of halogens is 2. The van der Waals surface area contributed by atoms with Crippen LogP contribution in [0.4, 0.5) is 0 Å². The topological polar surface area (TPSA) is 18.5 Å². The lowest BCUT2D eigenvalue weighted by Crippen LogP contribution is -1.99. The molecule has 2 aromatic carbocycles. The third kappa shape index (κ3) is 6.60. The molecule has 0 saturated carbocycles. The molecule has 0 atom stereocenters. The number of rotatable bonds is 12. The van der Waals surface area contributed by atoms with E-state index in [1.54, 1.807) is 0 Å². The van der Waals surface area contributed by atoms with Crippen molar-refractivity contribution in [3.8, 4) is 11.5 Å². The average molecular weight is 383 g/mol. The van der Waals surface area contributed by atoms with Crippen LogP contribution in [0.3, 0.4) is 0 Å². The van der Waals surface area contributed by atoms with E-state index >= 15 is 0 Å². The monoisotopic (exact) mass is 382 g/mol. The standard InChI is InChI=1S/C21H28Cl2O2/c1-2-3-4-7-14-24-18-10-11-19-17(16-18)9-12-20(21(19)23)25-15-8-5-6-13-22/h9-12,16H,2-8,13-15H2,1H3. The molecule has 138 valence electrons. The Morgan fingerprint density at radius 3 is 2.36 bits per heavy atom. The Balaban J connectivity index is 1.93. The molecule has 2 aromatic rings. The Bertz CT molecular complexity index is 643. The maximum atomic E-state index is 6.51. The Labute approximate surface area is 161 Å². The highest BCUT2D eigenvalue weighted by Crippen LogP contribution is 2.34. The molecule has 2 rings (SSSR count). The van der Waals surface area contributed by atoms with Crippen LogP contribution in [0.2, 0.25) is 5.02 Å². The molecule has 0 fully saturated rings. The second kappa shape index (κ2) is 11.5. The highest BCUT2D eigenvalue weighted by Gasteiger charge is 2.08.